The Balaban J connectivity index is 1.55. The maximum absolute atomic E-state index is 13.5. The fraction of sp³-hybridized carbons (Fsp3) is 0.167. The number of rotatable bonds is 5. The second kappa shape index (κ2) is 7.89. The minimum atomic E-state index is -0.587. The van der Waals surface area contributed by atoms with E-state index in [1.165, 1.54) is 23.9 Å². The number of hydrogen-bond donors (Lipinski definition) is 3. The van der Waals surface area contributed by atoms with Gasteiger partial charge in [-0.25, -0.2) is 4.39 Å². The molecule has 0 saturated carbocycles. The molecule has 3 rings (SSSR count). The molecular weight excluding hydrogens is 355 g/mol. The van der Waals surface area contributed by atoms with Crippen molar-refractivity contribution in [3.8, 4) is 6.07 Å². The SMILES string of the molecule is N#Cc1c(F)cccc1NCCNC(=O)c1ccc2c(c1)NC(=O)CS2. The minimum absolute atomic E-state index is 0.0539. The lowest BCUT2D eigenvalue weighted by molar-refractivity contribution is -0.113. The molecule has 0 radical (unpaired) electrons. The van der Waals surface area contributed by atoms with Crippen LogP contribution in [0.5, 0.6) is 0 Å². The number of thioether (sulfide) groups is 1. The van der Waals surface area contributed by atoms with Gasteiger partial charge in [0.2, 0.25) is 5.91 Å². The summed E-state index contributed by atoms with van der Waals surface area (Å²) in [5.41, 5.74) is 1.41. The zero-order valence-corrected chi connectivity index (χ0v) is 14.5. The van der Waals surface area contributed by atoms with Crippen molar-refractivity contribution in [2.45, 2.75) is 4.90 Å². The first-order valence-electron chi connectivity index (χ1n) is 7.86. The Morgan fingerprint density at radius 2 is 2.15 bits per heavy atom. The highest BCUT2D eigenvalue weighted by Crippen LogP contribution is 2.31. The van der Waals surface area contributed by atoms with Crippen molar-refractivity contribution >= 4 is 35.0 Å². The molecule has 0 aromatic heterocycles. The van der Waals surface area contributed by atoms with Crippen LogP contribution in [-0.2, 0) is 4.79 Å². The highest BCUT2D eigenvalue weighted by atomic mass is 32.2. The van der Waals surface area contributed by atoms with Crippen molar-refractivity contribution in [2.75, 3.05) is 29.5 Å². The summed E-state index contributed by atoms with van der Waals surface area (Å²) >= 11 is 1.43. The monoisotopic (exact) mass is 370 g/mol. The maximum Gasteiger partial charge on any atom is 0.251 e. The Bertz CT molecular complexity index is 911. The minimum Gasteiger partial charge on any atom is -0.382 e. The van der Waals surface area contributed by atoms with E-state index in [2.05, 4.69) is 16.0 Å². The van der Waals surface area contributed by atoms with E-state index in [0.717, 1.165) is 4.90 Å². The Hall–Kier alpha value is -3.05. The van der Waals surface area contributed by atoms with Crippen molar-refractivity contribution < 1.29 is 14.0 Å². The average Bonchev–Trinajstić information content (AvgIpc) is 2.64. The lowest BCUT2D eigenvalue weighted by Crippen LogP contribution is -2.29. The molecule has 0 fully saturated rings. The van der Waals surface area contributed by atoms with Gasteiger partial charge in [-0.2, -0.15) is 5.26 Å². The summed E-state index contributed by atoms with van der Waals surface area (Å²) in [4.78, 5) is 24.6. The van der Waals surface area contributed by atoms with Crippen LogP contribution < -0.4 is 16.0 Å². The van der Waals surface area contributed by atoms with Gasteiger partial charge in [0.25, 0.3) is 5.91 Å². The largest absolute Gasteiger partial charge is 0.382 e. The van der Waals surface area contributed by atoms with E-state index in [1.54, 1.807) is 24.3 Å². The number of amides is 2. The summed E-state index contributed by atoms with van der Waals surface area (Å²) in [5.74, 6) is -0.586. The van der Waals surface area contributed by atoms with E-state index in [-0.39, 0.29) is 17.4 Å². The van der Waals surface area contributed by atoms with Gasteiger partial charge in [-0.05, 0) is 30.3 Å². The first kappa shape index (κ1) is 17.8. The number of halogens is 1. The Morgan fingerprint density at radius 1 is 1.31 bits per heavy atom. The molecule has 0 saturated heterocycles. The molecule has 0 aliphatic carbocycles. The Morgan fingerprint density at radius 3 is 2.96 bits per heavy atom. The smallest absolute Gasteiger partial charge is 0.251 e. The Kier molecular flexibility index (Phi) is 5.39. The van der Waals surface area contributed by atoms with E-state index in [9.17, 15) is 14.0 Å². The van der Waals surface area contributed by atoms with Crippen molar-refractivity contribution in [1.29, 1.82) is 5.26 Å². The standard InChI is InChI=1S/C18H15FN4O2S/c19-13-2-1-3-14(12(13)9-20)21-6-7-22-18(25)11-4-5-16-15(8-11)23-17(24)10-26-16/h1-5,8,21H,6-7,10H2,(H,22,25)(H,23,24). The summed E-state index contributed by atoms with van der Waals surface area (Å²) in [6.07, 6.45) is 0. The molecule has 0 spiro atoms. The van der Waals surface area contributed by atoms with Crippen molar-refractivity contribution in [3.05, 3.63) is 53.3 Å². The molecule has 26 heavy (non-hydrogen) atoms. The van der Waals surface area contributed by atoms with Gasteiger partial charge >= 0.3 is 0 Å². The van der Waals surface area contributed by atoms with Gasteiger partial charge in [-0.1, -0.05) is 6.07 Å². The quantitative estimate of drug-likeness (QED) is 0.704. The third-order valence-corrected chi connectivity index (χ3v) is 4.80. The van der Waals surface area contributed by atoms with Crippen LogP contribution in [0.2, 0.25) is 0 Å². The molecule has 2 amide bonds. The summed E-state index contributed by atoms with van der Waals surface area (Å²) < 4.78 is 13.5. The molecule has 2 aromatic carbocycles. The van der Waals surface area contributed by atoms with Crippen molar-refractivity contribution in [2.24, 2.45) is 0 Å². The lowest BCUT2D eigenvalue weighted by Gasteiger charge is -2.17. The molecule has 0 unspecified atom stereocenters. The van der Waals surface area contributed by atoms with Crippen molar-refractivity contribution in [3.63, 3.8) is 0 Å². The number of nitrogens with one attached hydrogen (secondary N) is 3. The van der Waals surface area contributed by atoms with Crippen LogP contribution in [-0.4, -0.2) is 30.7 Å². The second-order valence-electron chi connectivity index (χ2n) is 5.50. The normalized spacial score (nSPS) is 12.5. The summed E-state index contributed by atoms with van der Waals surface area (Å²) in [5, 5.41) is 17.4. The number of carbonyl (C=O) groups is 2. The van der Waals surface area contributed by atoms with E-state index < -0.39 is 5.82 Å². The Labute approximate surface area is 153 Å². The fourth-order valence-corrected chi connectivity index (χ4v) is 3.27. The zero-order chi connectivity index (χ0) is 18.5. The van der Waals surface area contributed by atoms with Crippen LogP contribution in [0, 0.1) is 17.1 Å². The van der Waals surface area contributed by atoms with E-state index >= 15 is 0 Å². The van der Waals surface area contributed by atoms with Gasteiger partial charge in [-0.15, -0.1) is 11.8 Å². The van der Waals surface area contributed by atoms with Gasteiger partial charge < -0.3 is 16.0 Å². The number of hydrogen-bond acceptors (Lipinski definition) is 5. The summed E-state index contributed by atoms with van der Waals surface area (Å²) in [6.45, 7) is 0.625. The molecule has 6 nitrogen and oxygen atoms in total. The number of anilines is 2. The molecule has 3 N–H and O–H groups in total. The van der Waals surface area contributed by atoms with Crippen molar-refractivity contribution in [1.82, 2.24) is 5.32 Å². The lowest BCUT2D eigenvalue weighted by atomic mass is 10.1. The van der Waals surface area contributed by atoms with Gasteiger partial charge in [-0.3, -0.25) is 9.59 Å². The van der Waals surface area contributed by atoms with Gasteiger partial charge in [0.05, 0.1) is 17.1 Å². The number of carbonyl (C=O) groups excluding carboxylic acids is 2. The molecule has 0 bridgehead atoms. The first-order valence-corrected chi connectivity index (χ1v) is 8.84. The highest BCUT2D eigenvalue weighted by molar-refractivity contribution is 8.00. The third-order valence-electron chi connectivity index (χ3n) is 3.73. The summed E-state index contributed by atoms with van der Waals surface area (Å²) in [7, 11) is 0. The predicted molar refractivity (Wildman–Crippen MR) is 97.7 cm³/mol. The van der Waals surface area contributed by atoms with E-state index in [4.69, 9.17) is 5.26 Å². The third kappa shape index (κ3) is 3.95. The summed E-state index contributed by atoms with van der Waals surface area (Å²) in [6, 6.07) is 11.3. The maximum atomic E-state index is 13.5. The highest BCUT2D eigenvalue weighted by Gasteiger charge is 2.17. The molecule has 2 aromatic rings. The number of benzene rings is 2. The number of nitrogens with zero attached hydrogens (tertiary/aromatic N) is 1. The van der Waals surface area contributed by atoms with Crippen LogP contribution in [0.15, 0.2) is 41.3 Å². The predicted octanol–water partition coefficient (Wildman–Crippen LogP) is 2.58. The second-order valence-corrected chi connectivity index (χ2v) is 6.52. The first-order chi connectivity index (χ1) is 12.6. The average molecular weight is 370 g/mol. The number of fused-ring (bicyclic) bond motifs is 1. The van der Waals surface area contributed by atoms with Crippen LogP contribution in [0.1, 0.15) is 15.9 Å². The molecule has 1 aliphatic heterocycles. The number of nitriles is 1. The molecule has 0 atom stereocenters. The molecule has 1 heterocycles. The zero-order valence-electron chi connectivity index (χ0n) is 13.6. The van der Waals surface area contributed by atoms with Gasteiger partial charge in [0, 0.05) is 23.5 Å². The van der Waals surface area contributed by atoms with Gasteiger partial charge in [0.1, 0.15) is 17.4 Å². The van der Waals surface area contributed by atoms with Crippen LogP contribution in [0.3, 0.4) is 0 Å². The van der Waals surface area contributed by atoms with Crippen LogP contribution in [0.4, 0.5) is 15.8 Å². The topological polar surface area (TPSA) is 94.0 Å². The van der Waals surface area contributed by atoms with Crippen LogP contribution in [0.25, 0.3) is 0 Å². The molecular formula is C18H15FN4O2S. The molecule has 8 heteroatoms. The molecule has 132 valence electrons. The van der Waals surface area contributed by atoms with E-state index in [0.29, 0.717) is 35.8 Å². The van der Waals surface area contributed by atoms with E-state index in [1.807, 2.05) is 6.07 Å². The molecule has 1 aliphatic rings. The fourth-order valence-electron chi connectivity index (χ4n) is 2.48. The van der Waals surface area contributed by atoms with Gasteiger partial charge in [0.15, 0.2) is 0 Å². The van der Waals surface area contributed by atoms with Crippen LogP contribution >= 0.6 is 11.8 Å².